The van der Waals surface area contributed by atoms with Crippen molar-refractivity contribution in [3.63, 3.8) is 0 Å². The van der Waals surface area contributed by atoms with E-state index in [0.717, 1.165) is 35.0 Å². The highest BCUT2D eigenvalue weighted by molar-refractivity contribution is 6.76. The van der Waals surface area contributed by atoms with Gasteiger partial charge in [-0.15, -0.1) is 0 Å². The molecule has 0 aliphatic carbocycles. The topological polar surface area (TPSA) is 76.4 Å². The minimum Gasteiger partial charge on any atom is -0.481 e. The highest BCUT2D eigenvalue weighted by Crippen LogP contribution is 2.36. The zero-order valence-corrected chi connectivity index (χ0v) is 25.5. The van der Waals surface area contributed by atoms with Gasteiger partial charge in [0.25, 0.3) is 0 Å². The van der Waals surface area contributed by atoms with Crippen LogP contribution in [0.4, 0.5) is 0 Å². The van der Waals surface area contributed by atoms with Crippen LogP contribution in [-0.2, 0) is 28.2 Å². The molecular weight excluding hydrogens is 526 g/mol. The van der Waals surface area contributed by atoms with E-state index >= 15 is 0 Å². The van der Waals surface area contributed by atoms with Crippen LogP contribution in [0.5, 0.6) is 0 Å². The summed E-state index contributed by atoms with van der Waals surface area (Å²) >= 11 is 0. The summed E-state index contributed by atoms with van der Waals surface area (Å²) in [6.07, 6.45) is 5.31. The molecule has 0 aliphatic heterocycles. The molecule has 4 rings (SSSR count). The molecule has 2 N–H and O–H groups in total. The molecule has 3 aromatic carbocycles. The molecule has 0 fully saturated rings. The highest BCUT2D eigenvalue weighted by atomic mass is 28.3. The summed E-state index contributed by atoms with van der Waals surface area (Å²) in [5.41, 5.74) is 3.65. The van der Waals surface area contributed by atoms with Gasteiger partial charge in [0, 0.05) is 27.3 Å². The van der Waals surface area contributed by atoms with Crippen molar-refractivity contribution >= 4 is 14.0 Å². The third-order valence-corrected chi connectivity index (χ3v) is 9.17. The average Bonchev–Trinajstić information content (AvgIpc) is 3.43. The number of aromatic nitrogens is 2. The molecular formula is C34H43N3O3Si. The Labute approximate surface area is 245 Å². The fourth-order valence-electron chi connectivity index (χ4n) is 5.19. The van der Waals surface area contributed by atoms with Gasteiger partial charge in [-0.2, -0.15) is 0 Å². The molecule has 7 heteroatoms. The first-order chi connectivity index (χ1) is 19.8. The van der Waals surface area contributed by atoms with Crippen LogP contribution in [0, 0.1) is 5.92 Å². The van der Waals surface area contributed by atoms with E-state index in [9.17, 15) is 9.90 Å². The molecule has 0 aliphatic rings. The molecule has 0 unspecified atom stereocenters. The Kier molecular flexibility index (Phi) is 10.7. The van der Waals surface area contributed by atoms with E-state index in [2.05, 4.69) is 103 Å². The number of carboxylic acid groups (broad SMARTS) is 1. The summed E-state index contributed by atoms with van der Waals surface area (Å²) in [5, 5.41) is 13.9. The van der Waals surface area contributed by atoms with E-state index in [4.69, 9.17) is 4.74 Å². The van der Waals surface area contributed by atoms with Crippen molar-refractivity contribution in [3.8, 4) is 0 Å². The number of nitrogens with zero attached hydrogens (tertiary/aromatic N) is 2. The lowest BCUT2D eigenvalue weighted by molar-refractivity contribution is -0.142. The van der Waals surface area contributed by atoms with Crippen LogP contribution in [0.1, 0.15) is 35.2 Å². The minimum atomic E-state index is -1.13. The first-order valence-corrected chi connectivity index (χ1v) is 18.2. The molecule has 0 amide bonds. The van der Waals surface area contributed by atoms with Gasteiger partial charge in [-0.3, -0.25) is 10.1 Å². The third kappa shape index (κ3) is 8.49. The van der Waals surface area contributed by atoms with Gasteiger partial charge in [-0.1, -0.05) is 111 Å². The number of ether oxygens (including phenoxy) is 1. The summed E-state index contributed by atoms with van der Waals surface area (Å²) in [4.78, 5) is 16.7. The molecule has 0 bridgehead atoms. The van der Waals surface area contributed by atoms with E-state index < -0.39 is 25.5 Å². The predicted octanol–water partition coefficient (Wildman–Crippen LogP) is 6.80. The van der Waals surface area contributed by atoms with Crippen molar-refractivity contribution in [1.29, 1.82) is 0 Å². The van der Waals surface area contributed by atoms with E-state index in [1.807, 2.05) is 29.0 Å². The quantitative estimate of drug-likeness (QED) is 0.0882. The second kappa shape index (κ2) is 14.4. The Morgan fingerprint density at radius 3 is 1.95 bits per heavy atom. The van der Waals surface area contributed by atoms with Gasteiger partial charge in [0.05, 0.1) is 23.5 Å². The Morgan fingerprint density at radius 1 is 0.927 bits per heavy atom. The van der Waals surface area contributed by atoms with Gasteiger partial charge in [0.1, 0.15) is 6.73 Å². The summed E-state index contributed by atoms with van der Waals surface area (Å²) in [6, 6.07) is 32.5. The second-order valence-corrected chi connectivity index (χ2v) is 17.5. The molecule has 1 aromatic heterocycles. The largest absolute Gasteiger partial charge is 0.481 e. The Morgan fingerprint density at radius 2 is 1.46 bits per heavy atom. The Balaban J connectivity index is 1.43. The lowest BCUT2D eigenvalue weighted by Crippen LogP contribution is -2.45. The smallest absolute Gasteiger partial charge is 0.306 e. The van der Waals surface area contributed by atoms with Crippen LogP contribution in [0.25, 0.3) is 0 Å². The lowest BCUT2D eigenvalue weighted by atomic mass is 9.77. The Hall–Kier alpha value is -3.52. The van der Waals surface area contributed by atoms with Crippen molar-refractivity contribution in [2.75, 3.05) is 13.2 Å². The number of carboxylic acids is 1. The third-order valence-electron chi connectivity index (χ3n) is 7.47. The van der Waals surface area contributed by atoms with Gasteiger partial charge in [-0.25, -0.2) is 4.98 Å². The van der Waals surface area contributed by atoms with Crippen LogP contribution in [-0.4, -0.2) is 41.9 Å². The predicted molar refractivity (Wildman–Crippen MR) is 168 cm³/mol. The maximum Gasteiger partial charge on any atom is 0.306 e. The fraction of sp³-hybridized carbons (Fsp3) is 0.353. The molecule has 0 saturated heterocycles. The SMILES string of the molecule is C[Si](C)(C)CCOCn1cnc(C[C@@H](CCCNC(c2ccccc2)(c2ccccc2)c2ccccc2)C(=O)O)c1. The van der Waals surface area contributed by atoms with Gasteiger partial charge < -0.3 is 14.4 Å². The monoisotopic (exact) mass is 569 g/mol. The summed E-state index contributed by atoms with van der Waals surface area (Å²) < 4.78 is 7.71. The van der Waals surface area contributed by atoms with Crippen molar-refractivity contribution in [3.05, 3.63) is 126 Å². The maximum absolute atomic E-state index is 12.2. The fourth-order valence-corrected chi connectivity index (χ4v) is 5.95. The molecule has 0 spiro atoms. The number of hydrogen-bond donors (Lipinski definition) is 2. The molecule has 1 atom stereocenters. The first kappa shape index (κ1) is 30.4. The van der Waals surface area contributed by atoms with Crippen LogP contribution in [0.2, 0.25) is 25.7 Å². The number of benzene rings is 3. The summed E-state index contributed by atoms with van der Waals surface area (Å²) in [6.45, 7) is 8.83. The highest BCUT2D eigenvalue weighted by Gasteiger charge is 2.35. The molecule has 6 nitrogen and oxygen atoms in total. The first-order valence-electron chi connectivity index (χ1n) is 14.5. The average molecular weight is 570 g/mol. The van der Waals surface area contributed by atoms with Gasteiger partial charge in [-0.05, 0) is 42.1 Å². The van der Waals surface area contributed by atoms with E-state index in [1.165, 1.54) is 0 Å². The number of nitrogens with one attached hydrogen (secondary N) is 1. The molecule has 0 radical (unpaired) electrons. The molecule has 0 saturated carbocycles. The van der Waals surface area contributed by atoms with Crippen LogP contribution in [0.15, 0.2) is 104 Å². The van der Waals surface area contributed by atoms with E-state index in [-0.39, 0.29) is 0 Å². The Bertz CT molecular complexity index is 1240. The molecule has 216 valence electrons. The normalized spacial score (nSPS) is 12.8. The maximum atomic E-state index is 12.2. The van der Waals surface area contributed by atoms with Gasteiger partial charge >= 0.3 is 5.97 Å². The number of rotatable bonds is 16. The zero-order valence-electron chi connectivity index (χ0n) is 24.5. The van der Waals surface area contributed by atoms with E-state index in [1.54, 1.807) is 6.33 Å². The van der Waals surface area contributed by atoms with Crippen LogP contribution < -0.4 is 5.32 Å². The zero-order chi connectivity index (χ0) is 29.1. The standard InChI is InChI=1S/C34H43N3O3Si/c1-41(2,3)23-22-40-27-37-25-32(35-26-37)24-28(33(38)39)14-13-21-36-34(29-15-7-4-8-16-29,30-17-9-5-10-18-30)31-19-11-6-12-20-31/h4-12,15-20,25-26,28,36H,13-14,21-24,27H2,1-3H3,(H,38,39)/t28-/m1/s1. The van der Waals surface area contributed by atoms with Crippen LogP contribution in [0.3, 0.4) is 0 Å². The lowest BCUT2D eigenvalue weighted by Gasteiger charge is -2.37. The minimum absolute atomic E-state index is 0.401. The number of aliphatic carboxylic acids is 1. The van der Waals surface area contributed by atoms with Crippen molar-refractivity contribution in [1.82, 2.24) is 14.9 Å². The van der Waals surface area contributed by atoms with Crippen molar-refractivity contribution in [2.24, 2.45) is 5.92 Å². The summed E-state index contributed by atoms with van der Waals surface area (Å²) in [5.74, 6) is -1.29. The number of carbonyl (C=O) groups is 1. The molecule has 4 aromatic rings. The summed E-state index contributed by atoms with van der Waals surface area (Å²) in [7, 11) is -1.13. The van der Waals surface area contributed by atoms with Crippen LogP contribution >= 0.6 is 0 Å². The number of hydrogen-bond acceptors (Lipinski definition) is 4. The molecule has 41 heavy (non-hydrogen) atoms. The molecule has 1 heterocycles. The van der Waals surface area contributed by atoms with Gasteiger partial charge in [0.15, 0.2) is 0 Å². The second-order valence-electron chi connectivity index (χ2n) is 11.9. The van der Waals surface area contributed by atoms with Crippen molar-refractivity contribution < 1.29 is 14.6 Å². The van der Waals surface area contributed by atoms with Gasteiger partial charge in [0.2, 0.25) is 0 Å². The number of imidazole rings is 1. The van der Waals surface area contributed by atoms with Crippen molar-refractivity contribution in [2.45, 2.75) is 57.2 Å². The van der Waals surface area contributed by atoms with E-state index in [0.29, 0.717) is 32.5 Å².